The summed E-state index contributed by atoms with van der Waals surface area (Å²) in [6.45, 7) is 6.29. The molecule has 3 aromatic carbocycles. The normalized spacial score (nSPS) is 13.2. The summed E-state index contributed by atoms with van der Waals surface area (Å²) in [6, 6.07) is 21.3. The van der Waals surface area contributed by atoms with Crippen LogP contribution in [-0.2, 0) is 6.54 Å². The molecule has 1 fully saturated rings. The number of ether oxygens (including phenoxy) is 2. The molecule has 7 rings (SSSR count). The number of hydrogen-bond acceptors (Lipinski definition) is 7. The van der Waals surface area contributed by atoms with E-state index in [9.17, 15) is 9.90 Å². The lowest BCUT2D eigenvalue weighted by molar-refractivity contribution is 0.0285. The molecule has 8 nitrogen and oxygen atoms in total. The lowest BCUT2D eigenvalue weighted by Crippen LogP contribution is -2.27. The first-order chi connectivity index (χ1) is 22.6. The van der Waals surface area contributed by atoms with E-state index in [0.717, 1.165) is 23.2 Å². The highest BCUT2D eigenvalue weighted by molar-refractivity contribution is 5.94. The molecular formula is C38H35FN4O4. The van der Waals surface area contributed by atoms with Crippen molar-refractivity contribution in [2.75, 3.05) is 11.9 Å². The number of aromatic nitrogens is 3. The Hall–Kier alpha value is -5.28. The average Bonchev–Trinajstić information content (AvgIpc) is 3.87. The Labute approximate surface area is 271 Å². The van der Waals surface area contributed by atoms with Crippen molar-refractivity contribution < 1.29 is 19.0 Å². The van der Waals surface area contributed by atoms with Crippen LogP contribution in [-0.4, -0.2) is 31.8 Å². The van der Waals surface area contributed by atoms with Gasteiger partial charge in [-0.1, -0.05) is 29.8 Å². The van der Waals surface area contributed by atoms with Gasteiger partial charge in [0.15, 0.2) is 11.6 Å². The highest BCUT2D eigenvalue weighted by Crippen LogP contribution is 2.35. The fourth-order valence-electron chi connectivity index (χ4n) is 5.55. The minimum absolute atomic E-state index is 0.0322. The molecule has 0 radical (unpaired) electrons. The molecule has 0 unspecified atom stereocenters. The zero-order valence-electron chi connectivity index (χ0n) is 26.5. The summed E-state index contributed by atoms with van der Waals surface area (Å²) in [7, 11) is 0. The van der Waals surface area contributed by atoms with Crippen molar-refractivity contribution in [2.24, 2.45) is 5.92 Å². The highest BCUT2D eigenvalue weighted by Gasteiger charge is 2.24. The lowest BCUT2D eigenvalue weighted by Gasteiger charge is -2.18. The van der Waals surface area contributed by atoms with Gasteiger partial charge in [0.25, 0.3) is 0 Å². The van der Waals surface area contributed by atoms with Crippen LogP contribution in [0.2, 0.25) is 0 Å². The van der Waals surface area contributed by atoms with Crippen LogP contribution in [0.5, 0.6) is 17.2 Å². The summed E-state index contributed by atoms with van der Waals surface area (Å²) in [4.78, 5) is 22.9. The summed E-state index contributed by atoms with van der Waals surface area (Å²) >= 11 is 0. The van der Waals surface area contributed by atoms with Gasteiger partial charge in [0.2, 0.25) is 5.43 Å². The maximum atomic E-state index is 15.5. The largest absolute Gasteiger partial charge is 0.491 e. The number of pyridine rings is 3. The van der Waals surface area contributed by atoms with Gasteiger partial charge in [-0.15, -0.1) is 0 Å². The molecule has 3 heterocycles. The number of nitrogens with zero attached hydrogens (tertiary/aromatic N) is 3. The van der Waals surface area contributed by atoms with Crippen molar-refractivity contribution in [1.29, 1.82) is 0 Å². The van der Waals surface area contributed by atoms with Gasteiger partial charge in [0.05, 0.1) is 22.0 Å². The number of aliphatic hydroxyl groups is 1. The van der Waals surface area contributed by atoms with Crippen LogP contribution in [0.1, 0.15) is 32.3 Å². The molecule has 6 aromatic rings. The Morgan fingerprint density at radius 2 is 1.77 bits per heavy atom. The van der Waals surface area contributed by atoms with Gasteiger partial charge in [0, 0.05) is 53.9 Å². The number of fused-ring (bicyclic) bond motifs is 2. The number of halogens is 1. The Bertz CT molecular complexity index is 2170. The molecule has 2 N–H and O–H groups in total. The molecule has 238 valence electrons. The third-order valence-corrected chi connectivity index (χ3v) is 8.19. The smallest absolute Gasteiger partial charge is 0.200 e. The number of rotatable bonds is 10. The highest BCUT2D eigenvalue weighted by atomic mass is 19.1. The number of nitrogens with one attached hydrogen (secondary N) is 1. The molecule has 0 bridgehead atoms. The summed E-state index contributed by atoms with van der Waals surface area (Å²) < 4.78 is 29.4. The lowest BCUT2D eigenvalue weighted by atomic mass is 10.0. The monoisotopic (exact) mass is 630 g/mol. The second-order valence-electron chi connectivity index (χ2n) is 12.8. The molecule has 47 heavy (non-hydrogen) atoms. The summed E-state index contributed by atoms with van der Waals surface area (Å²) in [5.74, 6) is 1.38. The van der Waals surface area contributed by atoms with Crippen molar-refractivity contribution >= 4 is 33.3 Å². The maximum Gasteiger partial charge on any atom is 0.200 e. The van der Waals surface area contributed by atoms with Crippen molar-refractivity contribution in [3.05, 3.63) is 113 Å². The van der Waals surface area contributed by atoms with E-state index in [0.29, 0.717) is 50.8 Å². The van der Waals surface area contributed by atoms with Crippen LogP contribution in [0.25, 0.3) is 32.9 Å². The first kappa shape index (κ1) is 30.4. The summed E-state index contributed by atoms with van der Waals surface area (Å²) in [5, 5.41) is 14.3. The van der Waals surface area contributed by atoms with Crippen molar-refractivity contribution in [3.63, 3.8) is 0 Å². The zero-order chi connectivity index (χ0) is 32.7. The molecule has 0 aliphatic heterocycles. The SMILES string of the molecule is Cc1ccc(-c2cn(CC3CC3)c3ccnc(Nc4ccc(Oc5ccnc6cc(OCC(C)(C)O)ccc56)c(F)c4)c3c2=O)cc1. The first-order valence-corrected chi connectivity index (χ1v) is 15.7. The van der Waals surface area contributed by atoms with Crippen LogP contribution in [0.3, 0.4) is 0 Å². The van der Waals surface area contributed by atoms with Gasteiger partial charge in [-0.25, -0.2) is 9.37 Å². The number of anilines is 2. The Balaban J connectivity index is 1.19. The third kappa shape index (κ3) is 6.66. The van der Waals surface area contributed by atoms with E-state index >= 15 is 4.39 Å². The van der Waals surface area contributed by atoms with Gasteiger partial charge >= 0.3 is 0 Å². The maximum absolute atomic E-state index is 15.5. The van der Waals surface area contributed by atoms with Crippen LogP contribution in [0.15, 0.2) is 96.2 Å². The minimum Gasteiger partial charge on any atom is -0.491 e. The van der Waals surface area contributed by atoms with E-state index in [4.69, 9.17) is 9.47 Å². The van der Waals surface area contributed by atoms with Crippen molar-refractivity contribution in [3.8, 4) is 28.4 Å². The third-order valence-electron chi connectivity index (χ3n) is 8.19. The average molecular weight is 631 g/mol. The Morgan fingerprint density at radius 3 is 2.51 bits per heavy atom. The zero-order valence-corrected chi connectivity index (χ0v) is 26.5. The van der Waals surface area contributed by atoms with Crippen LogP contribution >= 0.6 is 0 Å². The Morgan fingerprint density at radius 1 is 0.979 bits per heavy atom. The fraction of sp³-hybridized carbons (Fsp3) is 0.237. The minimum atomic E-state index is -0.977. The molecule has 0 saturated heterocycles. The van der Waals surface area contributed by atoms with Gasteiger partial charge in [-0.3, -0.25) is 9.78 Å². The molecule has 9 heteroatoms. The predicted octanol–water partition coefficient (Wildman–Crippen LogP) is 8.15. The van der Waals surface area contributed by atoms with E-state index in [1.165, 1.54) is 18.9 Å². The van der Waals surface area contributed by atoms with E-state index < -0.39 is 11.4 Å². The molecule has 1 aliphatic rings. The van der Waals surface area contributed by atoms with Crippen molar-refractivity contribution in [1.82, 2.24) is 14.5 Å². The predicted molar refractivity (Wildman–Crippen MR) is 182 cm³/mol. The van der Waals surface area contributed by atoms with Gasteiger partial charge in [-0.2, -0.15) is 0 Å². The summed E-state index contributed by atoms with van der Waals surface area (Å²) in [5.41, 5.74) is 3.27. The van der Waals surface area contributed by atoms with Crippen LogP contribution < -0.4 is 20.2 Å². The molecule has 0 amide bonds. The van der Waals surface area contributed by atoms with E-state index in [1.807, 2.05) is 43.5 Å². The molecule has 1 saturated carbocycles. The van der Waals surface area contributed by atoms with Gasteiger partial charge in [0.1, 0.15) is 23.9 Å². The van der Waals surface area contributed by atoms with Crippen molar-refractivity contribution in [2.45, 2.75) is 45.8 Å². The molecule has 3 aromatic heterocycles. The number of hydrogen-bond donors (Lipinski definition) is 2. The second kappa shape index (κ2) is 12.1. The van der Waals surface area contributed by atoms with Gasteiger partial charge < -0.3 is 24.5 Å². The van der Waals surface area contributed by atoms with E-state index in [2.05, 4.69) is 19.9 Å². The molecule has 0 atom stereocenters. The molecule has 0 spiro atoms. The van der Waals surface area contributed by atoms with Gasteiger partial charge in [-0.05, 0) is 81.5 Å². The topological polar surface area (TPSA) is 98.5 Å². The quantitative estimate of drug-likeness (QED) is 0.158. The standard InChI is InChI=1S/C38H35FN4O4/c1-23-4-8-25(9-5-23)29-21-43(20-24-6-7-24)32-14-16-41-37(35(32)36(29)44)42-26-10-13-34(30(39)18-26)47-33-15-17-40-31-19-27(11-12-28(31)33)46-22-38(2,3)45/h4-5,8-19,21,24,45H,6-7,20,22H2,1-3H3,(H,41,42). The summed E-state index contributed by atoms with van der Waals surface area (Å²) in [6.07, 6.45) is 7.55. The number of aryl methyl sites for hydroxylation is 1. The Kier molecular flexibility index (Phi) is 7.85. The molecule has 1 aliphatic carbocycles. The van der Waals surface area contributed by atoms with E-state index in [-0.39, 0.29) is 17.8 Å². The van der Waals surface area contributed by atoms with Crippen LogP contribution in [0.4, 0.5) is 15.9 Å². The number of benzene rings is 3. The van der Waals surface area contributed by atoms with Crippen LogP contribution in [0, 0.1) is 18.7 Å². The first-order valence-electron chi connectivity index (χ1n) is 15.7. The second-order valence-corrected chi connectivity index (χ2v) is 12.8. The fourth-order valence-corrected chi connectivity index (χ4v) is 5.55. The van der Waals surface area contributed by atoms with E-state index in [1.54, 1.807) is 62.6 Å². The molecular weight excluding hydrogens is 595 g/mol.